The molecule has 5 N–H and O–H groups in total. The van der Waals surface area contributed by atoms with Gasteiger partial charge in [0.2, 0.25) is 5.91 Å². The van der Waals surface area contributed by atoms with E-state index in [2.05, 4.69) is 5.32 Å². The molecule has 0 bridgehead atoms. The van der Waals surface area contributed by atoms with Crippen molar-refractivity contribution in [1.29, 1.82) is 0 Å². The molecule has 0 aromatic heterocycles. The zero-order valence-electron chi connectivity index (χ0n) is 8.37. The average Bonchev–Trinajstić information content (AvgIpc) is 2.07. The van der Waals surface area contributed by atoms with Crippen LogP contribution in [0.4, 0.5) is 11.4 Å². The van der Waals surface area contributed by atoms with E-state index in [4.69, 9.17) is 11.5 Å². The minimum atomic E-state index is -0.447. The first kappa shape index (κ1) is 10.4. The van der Waals surface area contributed by atoms with Gasteiger partial charge in [-0.25, -0.2) is 0 Å². The lowest BCUT2D eigenvalue weighted by molar-refractivity contribution is 0.100. The lowest BCUT2D eigenvalue weighted by Gasteiger charge is -2.13. The van der Waals surface area contributed by atoms with E-state index in [0.717, 1.165) is 5.69 Å². The van der Waals surface area contributed by atoms with E-state index in [1.165, 1.54) is 0 Å². The molecule has 1 amide bonds. The second-order valence-electron chi connectivity index (χ2n) is 3.47. The monoisotopic (exact) mass is 193 g/mol. The molecule has 0 aliphatic carbocycles. The fourth-order valence-electron chi connectivity index (χ4n) is 1.15. The maximum atomic E-state index is 10.9. The molecule has 0 saturated carbocycles. The maximum Gasteiger partial charge on any atom is 0.248 e. The summed E-state index contributed by atoms with van der Waals surface area (Å²) in [7, 11) is 0. The molecule has 0 fully saturated rings. The van der Waals surface area contributed by atoms with Crippen LogP contribution < -0.4 is 16.8 Å². The van der Waals surface area contributed by atoms with E-state index in [0.29, 0.717) is 11.3 Å². The number of hydrogen-bond acceptors (Lipinski definition) is 3. The third-order valence-electron chi connectivity index (χ3n) is 1.78. The molecule has 76 valence electrons. The summed E-state index contributed by atoms with van der Waals surface area (Å²) >= 11 is 0. The predicted octanol–water partition coefficient (Wildman–Crippen LogP) is 1.19. The molecule has 0 atom stereocenters. The van der Waals surface area contributed by atoms with Crippen LogP contribution in [0.15, 0.2) is 18.2 Å². The van der Waals surface area contributed by atoms with E-state index < -0.39 is 5.91 Å². The second kappa shape index (κ2) is 4.00. The Bertz CT molecular complexity index is 347. The summed E-state index contributed by atoms with van der Waals surface area (Å²) in [5.74, 6) is -0.447. The van der Waals surface area contributed by atoms with E-state index in [1.807, 2.05) is 13.8 Å². The van der Waals surface area contributed by atoms with E-state index in [9.17, 15) is 4.79 Å². The van der Waals surface area contributed by atoms with Crippen LogP contribution >= 0.6 is 0 Å². The fourth-order valence-corrected chi connectivity index (χ4v) is 1.15. The highest BCUT2D eigenvalue weighted by molar-refractivity contribution is 5.94. The number of rotatable bonds is 3. The van der Waals surface area contributed by atoms with Gasteiger partial charge in [-0.2, -0.15) is 0 Å². The van der Waals surface area contributed by atoms with Crippen molar-refractivity contribution in [1.82, 2.24) is 0 Å². The van der Waals surface area contributed by atoms with Crippen LogP contribution in [-0.4, -0.2) is 11.9 Å². The number of anilines is 2. The third kappa shape index (κ3) is 2.39. The molecule has 0 spiro atoms. The first-order valence-corrected chi connectivity index (χ1v) is 4.46. The van der Waals surface area contributed by atoms with Crippen LogP contribution in [0.2, 0.25) is 0 Å². The van der Waals surface area contributed by atoms with Gasteiger partial charge in [0, 0.05) is 11.6 Å². The van der Waals surface area contributed by atoms with E-state index in [-0.39, 0.29) is 6.04 Å². The molecule has 1 aromatic carbocycles. The van der Waals surface area contributed by atoms with Gasteiger partial charge in [0.1, 0.15) is 0 Å². The van der Waals surface area contributed by atoms with Gasteiger partial charge >= 0.3 is 0 Å². The number of benzene rings is 1. The lowest BCUT2D eigenvalue weighted by Crippen LogP contribution is -2.14. The topological polar surface area (TPSA) is 81.1 Å². The van der Waals surface area contributed by atoms with Gasteiger partial charge in [0.15, 0.2) is 0 Å². The average molecular weight is 193 g/mol. The van der Waals surface area contributed by atoms with Gasteiger partial charge in [-0.1, -0.05) is 0 Å². The van der Waals surface area contributed by atoms with Gasteiger partial charge in [0.05, 0.1) is 11.4 Å². The summed E-state index contributed by atoms with van der Waals surface area (Å²) in [5.41, 5.74) is 12.7. The zero-order valence-corrected chi connectivity index (χ0v) is 8.37. The van der Waals surface area contributed by atoms with Gasteiger partial charge < -0.3 is 16.8 Å². The summed E-state index contributed by atoms with van der Waals surface area (Å²) in [4.78, 5) is 10.9. The van der Waals surface area contributed by atoms with Crippen LogP contribution in [0.1, 0.15) is 24.2 Å². The molecular formula is C10H15N3O. The number of nitrogens with one attached hydrogen (secondary N) is 1. The summed E-state index contributed by atoms with van der Waals surface area (Å²) < 4.78 is 0. The van der Waals surface area contributed by atoms with Crippen molar-refractivity contribution in [3.63, 3.8) is 0 Å². The highest BCUT2D eigenvalue weighted by Crippen LogP contribution is 2.20. The number of amides is 1. The maximum absolute atomic E-state index is 10.9. The van der Waals surface area contributed by atoms with Gasteiger partial charge in [-0.05, 0) is 32.0 Å². The summed E-state index contributed by atoms with van der Waals surface area (Å²) in [6.07, 6.45) is 0. The number of primary amides is 1. The zero-order chi connectivity index (χ0) is 10.7. The van der Waals surface area contributed by atoms with Gasteiger partial charge in [0.25, 0.3) is 0 Å². The smallest absolute Gasteiger partial charge is 0.248 e. The fraction of sp³-hybridized carbons (Fsp3) is 0.300. The first-order chi connectivity index (χ1) is 6.50. The van der Waals surface area contributed by atoms with Crippen molar-refractivity contribution in [3.8, 4) is 0 Å². The third-order valence-corrected chi connectivity index (χ3v) is 1.78. The molecule has 4 nitrogen and oxygen atoms in total. The summed E-state index contributed by atoms with van der Waals surface area (Å²) in [6, 6.07) is 5.21. The predicted molar refractivity (Wildman–Crippen MR) is 58.1 cm³/mol. The van der Waals surface area contributed by atoms with E-state index in [1.54, 1.807) is 18.2 Å². The Hall–Kier alpha value is -1.71. The molecular weight excluding hydrogens is 178 g/mol. The molecule has 4 heteroatoms. The molecule has 0 heterocycles. The SMILES string of the molecule is CC(C)Nc1cc(C(N)=O)ccc1N. The van der Waals surface area contributed by atoms with Crippen LogP contribution in [0.5, 0.6) is 0 Å². The van der Waals surface area contributed by atoms with Crippen LogP contribution in [0.25, 0.3) is 0 Å². The number of carbonyl (C=O) groups excluding carboxylic acids is 1. The lowest BCUT2D eigenvalue weighted by atomic mass is 10.1. The molecule has 1 rings (SSSR count). The van der Waals surface area contributed by atoms with Crippen molar-refractivity contribution in [3.05, 3.63) is 23.8 Å². The molecule has 0 saturated heterocycles. The van der Waals surface area contributed by atoms with Crippen LogP contribution in [0, 0.1) is 0 Å². The highest BCUT2D eigenvalue weighted by atomic mass is 16.1. The molecule has 0 radical (unpaired) electrons. The van der Waals surface area contributed by atoms with Gasteiger partial charge in [-0.15, -0.1) is 0 Å². The van der Waals surface area contributed by atoms with Gasteiger partial charge in [-0.3, -0.25) is 4.79 Å². The Morgan fingerprint density at radius 2 is 2.07 bits per heavy atom. The number of nitrogens with two attached hydrogens (primary N) is 2. The van der Waals surface area contributed by atoms with E-state index >= 15 is 0 Å². The molecule has 0 aliphatic rings. The Balaban J connectivity index is 3.02. The Morgan fingerprint density at radius 3 is 2.57 bits per heavy atom. The molecule has 1 aromatic rings. The Kier molecular flexibility index (Phi) is 2.96. The van der Waals surface area contributed by atoms with Crippen molar-refractivity contribution >= 4 is 17.3 Å². The normalized spacial score (nSPS) is 10.2. The quantitative estimate of drug-likeness (QED) is 0.631. The molecule has 0 unspecified atom stereocenters. The van der Waals surface area contributed by atoms with Crippen LogP contribution in [0.3, 0.4) is 0 Å². The standard InChI is InChI=1S/C10H15N3O/c1-6(2)13-9-5-7(10(12)14)3-4-8(9)11/h3-6,13H,11H2,1-2H3,(H2,12,14). The van der Waals surface area contributed by atoms with Crippen molar-refractivity contribution < 1.29 is 4.79 Å². The first-order valence-electron chi connectivity index (χ1n) is 4.46. The second-order valence-corrected chi connectivity index (χ2v) is 3.47. The van der Waals surface area contributed by atoms with Crippen molar-refractivity contribution in [2.75, 3.05) is 11.1 Å². The van der Waals surface area contributed by atoms with Crippen molar-refractivity contribution in [2.45, 2.75) is 19.9 Å². The molecule has 0 aliphatic heterocycles. The molecule has 14 heavy (non-hydrogen) atoms. The van der Waals surface area contributed by atoms with Crippen LogP contribution in [-0.2, 0) is 0 Å². The number of carbonyl (C=O) groups is 1. The van der Waals surface area contributed by atoms with Crippen molar-refractivity contribution in [2.24, 2.45) is 5.73 Å². The highest BCUT2D eigenvalue weighted by Gasteiger charge is 2.05. The Morgan fingerprint density at radius 1 is 1.43 bits per heavy atom. The summed E-state index contributed by atoms with van der Waals surface area (Å²) in [6.45, 7) is 3.99. The largest absolute Gasteiger partial charge is 0.397 e. The minimum absolute atomic E-state index is 0.264. The Labute approximate surface area is 83.3 Å². The number of nitrogen functional groups attached to an aromatic ring is 1. The summed E-state index contributed by atoms with van der Waals surface area (Å²) in [5, 5.41) is 3.14. The minimum Gasteiger partial charge on any atom is -0.397 e. The number of hydrogen-bond donors (Lipinski definition) is 3.